The molecule has 5 atom stereocenters. The molecule has 0 radical (unpaired) electrons. The van der Waals surface area contributed by atoms with Crippen molar-refractivity contribution in [1.82, 2.24) is 4.98 Å². The van der Waals surface area contributed by atoms with Crippen LogP contribution in [0.5, 0.6) is 0 Å². The van der Waals surface area contributed by atoms with Gasteiger partial charge in [0, 0.05) is 17.4 Å². The minimum atomic E-state index is -0.0341. The Morgan fingerprint density at radius 1 is 1.00 bits per heavy atom. The molecule has 0 N–H and O–H groups in total. The molecule has 2 fully saturated rings. The Hall–Kier alpha value is -1.74. The van der Waals surface area contributed by atoms with Crippen LogP contribution in [0.2, 0.25) is 0 Å². The third kappa shape index (κ3) is 2.40. The van der Waals surface area contributed by atoms with Crippen molar-refractivity contribution in [3.8, 4) is 10.6 Å². The topological polar surface area (TPSA) is 30.0 Å². The van der Waals surface area contributed by atoms with Crippen LogP contribution in [-0.2, 0) is 11.2 Å². The quantitative estimate of drug-likeness (QED) is 0.539. The van der Waals surface area contributed by atoms with Gasteiger partial charge in [0.1, 0.15) is 10.8 Å². The first-order valence-electron chi connectivity index (χ1n) is 11.3. The molecule has 2 nitrogen and oxygen atoms in total. The number of carbonyl (C=O) groups excluding carboxylic acids is 1. The van der Waals surface area contributed by atoms with Crippen LogP contribution in [-0.4, -0.2) is 10.8 Å². The summed E-state index contributed by atoms with van der Waals surface area (Å²) in [6.07, 6.45) is 10.3. The normalized spacial score (nSPS) is 37.9. The second-order valence-corrected chi connectivity index (χ2v) is 11.2. The number of ketones is 1. The summed E-state index contributed by atoms with van der Waals surface area (Å²) in [6, 6.07) is 10.6. The standard InChI is InChI=1S/C26H29NOS/c1-25-15-13-21-23(29-24(27-21)16-6-4-3-5-7-16)20(25)9-8-17-18-10-11-22(28)26(18,2)14-12-19(17)25/h3-7,9,17-19H,8,10-15H2,1-2H3/t17-,18-,19-,25+,26-/m0/s1. The van der Waals surface area contributed by atoms with E-state index in [1.807, 2.05) is 11.3 Å². The van der Waals surface area contributed by atoms with Crippen molar-refractivity contribution < 1.29 is 4.79 Å². The second-order valence-electron chi connectivity index (χ2n) is 10.2. The third-order valence-electron chi connectivity index (χ3n) is 9.02. The number of carbonyl (C=O) groups is 1. The highest BCUT2D eigenvalue weighted by Crippen LogP contribution is 2.65. The summed E-state index contributed by atoms with van der Waals surface area (Å²) in [6.45, 7) is 4.80. The first-order chi connectivity index (χ1) is 14.0. The molecule has 2 aromatic rings. The summed E-state index contributed by atoms with van der Waals surface area (Å²) in [5.41, 5.74) is 4.35. The highest BCUT2D eigenvalue weighted by molar-refractivity contribution is 7.16. The fraction of sp³-hybridized carbons (Fsp3) is 0.538. The summed E-state index contributed by atoms with van der Waals surface area (Å²) in [5.74, 6) is 2.56. The van der Waals surface area contributed by atoms with Crippen LogP contribution in [0.15, 0.2) is 36.4 Å². The molecule has 2 saturated carbocycles. The second kappa shape index (κ2) is 6.14. The maximum absolute atomic E-state index is 12.6. The van der Waals surface area contributed by atoms with E-state index in [0.29, 0.717) is 17.6 Å². The SMILES string of the molecule is C[C@]12CCc3nc(-c4ccccc4)sc3C1=CC[C@@H]1[C@@H]2CC[C@]2(C)C(=O)CC[C@@H]12. The monoisotopic (exact) mass is 403 g/mol. The van der Waals surface area contributed by atoms with Gasteiger partial charge >= 0.3 is 0 Å². The van der Waals surface area contributed by atoms with Crippen molar-refractivity contribution in [3.05, 3.63) is 47.0 Å². The lowest BCUT2D eigenvalue weighted by molar-refractivity contribution is -0.131. The molecule has 3 heteroatoms. The predicted molar refractivity (Wildman–Crippen MR) is 119 cm³/mol. The molecule has 6 rings (SSSR count). The van der Waals surface area contributed by atoms with Gasteiger partial charge in [0.05, 0.1) is 10.6 Å². The minimum absolute atomic E-state index is 0.0341. The van der Waals surface area contributed by atoms with Gasteiger partial charge in [-0.3, -0.25) is 4.79 Å². The first kappa shape index (κ1) is 18.1. The Morgan fingerprint density at radius 3 is 2.62 bits per heavy atom. The van der Waals surface area contributed by atoms with E-state index < -0.39 is 0 Å². The molecule has 4 aliphatic rings. The minimum Gasteiger partial charge on any atom is -0.299 e. The van der Waals surface area contributed by atoms with E-state index >= 15 is 0 Å². The van der Waals surface area contributed by atoms with Crippen molar-refractivity contribution in [2.75, 3.05) is 0 Å². The zero-order chi connectivity index (χ0) is 19.8. The molecular weight excluding hydrogens is 374 g/mol. The van der Waals surface area contributed by atoms with Crippen molar-refractivity contribution in [2.24, 2.45) is 28.6 Å². The van der Waals surface area contributed by atoms with Crippen molar-refractivity contribution in [3.63, 3.8) is 0 Å². The van der Waals surface area contributed by atoms with Gasteiger partial charge in [-0.1, -0.05) is 50.3 Å². The molecule has 0 bridgehead atoms. The number of hydrogen-bond acceptors (Lipinski definition) is 3. The van der Waals surface area contributed by atoms with E-state index in [0.717, 1.165) is 38.0 Å². The van der Waals surface area contributed by atoms with Gasteiger partial charge in [-0.25, -0.2) is 4.98 Å². The van der Waals surface area contributed by atoms with Crippen LogP contribution >= 0.6 is 11.3 Å². The number of aryl methyl sites for hydroxylation is 1. The Kier molecular flexibility index (Phi) is 3.82. The van der Waals surface area contributed by atoms with E-state index in [9.17, 15) is 4.79 Å². The number of thiazole rings is 1. The van der Waals surface area contributed by atoms with Gasteiger partial charge in [-0.05, 0) is 67.3 Å². The van der Waals surface area contributed by atoms with Crippen LogP contribution in [0.4, 0.5) is 0 Å². The summed E-state index contributed by atoms with van der Waals surface area (Å²) >= 11 is 1.90. The Morgan fingerprint density at radius 2 is 1.79 bits per heavy atom. The predicted octanol–water partition coefficient (Wildman–Crippen LogP) is 6.56. The van der Waals surface area contributed by atoms with Gasteiger partial charge in [-0.2, -0.15) is 0 Å². The van der Waals surface area contributed by atoms with Gasteiger partial charge in [0.15, 0.2) is 0 Å². The lowest BCUT2D eigenvalue weighted by Gasteiger charge is -2.55. The Bertz CT molecular complexity index is 1020. The Labute approximate surface area is 177 Å². The molecule has 0 amide bonds. The van der Waals surface area contributed by atoms with Crippen LogP contribution in [0, 0.1) is 28.6 Å². The van der Waals surface area contributed by atoms with E-state index in [4.69, 9.17) is 4.98 Å². The molecule has 4 aliphatic carbocycles. The number of Topliss-reactive ketones (excluding diaryl/α,β-unsaturated/α-hetero) is 1. The lowest BCUT2D eigenvalue weighted by Crippen LogP contribution is -2.49. The van der Waals surface area contributed by atoms with Gasteiger partial charge in [0.2, 0.25) is 0 Å². The molecule has 1 aromatic heterocycles. The van der Waals surface area contributed by atoms with Crippen molar-refractivity contribution in [2.45, 2.75) is 58.8 Å². The van der Waals surface area contributed by atoms with E-state index in [-0.39, 0.29) is 10.8 Å². The van der Waals surface area contributed by atoms with Crippen molar-refractivity contribution in [1.29, 1.82) is 0 Å². The number of rotatable bonds is 1. The molecule has 0 spiro atoms. The molecule has 0 saturated heterocycles. The van der Waals surface area contributed by atoms with Crippen LogP contribution < -0.4 is 0 Å². The lowest BCUT2D eigenvalue weighted by atomic mass is 9.48. The number of aromatic nitrogens is 1. The van der Waals surface area contributed by atoms with Crippen LogP contribution in [0.25, 0.3) is 16.1 Å². The average molecular weight is 404 g/mol. The highest BCUT2D eigenvalue weighted by Gasteiger charge is 2.58. The fourth-order valence-electron chi connectivity index (χ4n) is 7.35. The maximum Gasteiger partial charge on any atom is 0.139 e. The third-order valence-corrected chi connectivity index (χ3v) is 10.2. The van der Waals surface area contributed by atoms with E-state index in [1.165, 1.54) is 34.0 Å². The molecule has 29 heavy (non-hydrogen) atoms. The van der Waals surface area contributed by atoms with Gasteiger partial charge < -0.3 is 0 Å². The molecule has 0 unspecified atom stereocenters. The number of fused-ring (bicyclic) bond motifs is 7. The molecule has 1 heterocycles. The zero-order valence-electron chi connectivity index (χ0n) is 17.4. The van der Waals surface area contributed by atoms with Crippen molar-refractivity contribution >= 4 is 22.7 Å². The maximum atomic E-state index is 12.6. The number of nitrogens with zero attached hydrogens (tertiary/aromatic N) is 1. The molecule has 0 aliphatic heterocycles. The number of allylic oxidation sites excluding steroid dienone is 2. The summed E-state index contributed by atoms with van der Waals surface area (Å²) in [4.78, 5) is 19.2. The van der Waals surface area contributed by atoms with Crippen LogP contribution in [0.1, 0.15) is 62.9 Å². The largest absolute Gasteiger partial charge is 0.299 e. The van der Waals surface area contributed by atoms with Gasteiger partial charge in [0.25, 0.3) is 0 Å². The van der Waals surface area contributed by atoms with Gasteiger partial charge in [-0.15, -0.1) is 11.3 Å². The zero-order valence-corrected chi connectivity index (χ0v) is 18.2. The number of benzene rings is 1. The number of hydrogen-bond donors (Lipinski definition) is 0. The van der Waals surface area contributed by atoms with E-state index in [1.54, 1.807) is 5.57 Å². The summed E-state index contributed by atoms with van der Waals surface area (Å²) < 4.78 is 0. The fourth-order valence-corrected chi connectivity index (χ4v) is 8.65. The molecule has 150 valence electrons. The van der Waals surface area contributed by atoms with E-state index in [2.05, 4.69) is 50.3 Å². The molecular formula is C26H29NOS. The summed E-state index contributed by atoms with van der Waals surface area (Å²) in [5, 5.41) is 1.17. The Balaban J connectivity index is 1.40. The average Bonchev–Trinajstić information content (AvgIpc) is 3.29. The first-order valence-corrected chi connectivity index (χ1v) is 12.1. The highest BCUT2D eigenvalue weighted by atomic mass is 32.1. The smallest absolute Gasteiger partial charge is 0.139 e. The molecule has 1 aromatic carbocycles. The van der Waals surface area contributed by atoms with Crippen LogP contribution in [0.3, 0.4) is 0 Å². The summed E-state index contributed by atoms with van der Waals surface area (Å²) in [7, 11) is 0.